The van der Waals surface area contributed by atoms with Crippen LogP contribution < -0.4 is 5.73 Å². The van der Waals surface area contributed by atoms with Gasteiger partial charge in [0, 0.05) is 16.8 Å². The fourth-order valence-electron chi connectivity index (χ4n) is 2.82. The van der Waals surface area contributed by atoms with Gasteiger partial charge in [-0.15, -0.1) is 0 Å². The highest BCUT2D eigenvalue weighted by molar-refractivity contribution is 5.77. The number of rotatable bonds is 6. The van der Waals surface area contributed by atoms with Gasteiger partial charge in [0.05, 0.1) is 0 Å². The average Bonchev–Trinajstić information content (AvgIpc) is 2.61. The van der Waals surface area contributed by atoms with Gasteiger partial charge < -0.3 is 21.1 Å². The number of nitrogens with two attached hydrogens (primary N) is 1. The molecule has 0 saturated heterocycles. The normalized spacial score (nSPS) is 10.9. The third-order valence-corrected chi connectivity index (χ3v) is 4.46. The van der Waals surface area contributed by atoms with Crippen LogP contribution in [0.4, 0.5) is 5.69 Å². The lowest BCUT2D eigenvalue weighted by Crippen LogP contribution is -2.00. The number of aromatic hydroxyl groups is 3. The Bertz CT molecular complexity index is 945. The van der Waals surface area contributed by atoms with E-state index in [-0.39, 0.29) is 17.2 Å². The molecular weight excluding hydrogens is 350 g/mol. The predicted octanol–water partition coefficient (Wildman–Crippen LogP) is 5.57. The van der Waals surface area contributed by atoms with Crippen LogP contribution in [-0.2, 0) is 12.8 Å². The molecule has 0 fully saturated rings. The minimum Gasteiger partial charge on any atom is -0.507 e. The van der Waals surface area contributed by atoms with Gasteiger partial charge >= 0.3 is 0 Å². The van der Waals surface area contributed by atoms with Crippen molar-refractivity contribution in [3.63, 3.8) is 0 Å². The molecule has 0 aliphatic heterocycles. The molecule has 28 heavy (non-hydrogen) atoms. The number of hydrogen-bond donors (Lipinski definition) is 4. The zero-order valence-corrected chi connectivity index (χ0v) is 17.0. The second-order valence-corrected chi connectivity index (χ2v) is 7.41. The number of anilines is 1. The third-order valence-electron chi connectivity index (χ3n) is 4.46. The minimum atomic E-state index is -0.175. The Balaban J connectivity index is 2.51. The third kappa shape index (κ3) is 5.43. The molecule has 0 bridgehead atoms. The smallest absolute Gasteiger partial charge is 0.157 e. The molecule has 0 unspecified atom stereocenters. The van der Waals surface area contributed by atoms with E-state index in [9.17, 15) is 15.3 Å². The van der Waals surface area contributed by atoms with Crippen molar-refractivity contribution in [3.05, 3.63) is 69.8 Å². The van der Waals surface area contributed by atoms with E-state index < -0.39 is 0 Å². The quantitative estimate of drug-likeness (QED) is 0.229. The summed E-state index contributed by atoms with van der Waals surface area (Å²) in [6.07, 6.45) is 8.97. The lowest BCUT2D eigenvalue weighted by atomic mass is 9.94. The van der Waals surface area contributed by atoms with Crippen molar-refractivity contribution in [1.29, 1.82) is 0 Å². The second kappa shape index (κ2) is 9.18. The zero-order chi connectivity index (χ0) is 20.8. The van der Waals surface area contributed by atoms with Crippen molar-refractivity contribution in [1.82, 2.24) is 0 Å². The topological polar surface area (TPSA) is 86.7 Å². The SMILES string of the molecule is CC(C)=CCc1c(N)cc(/C=C/c2ccc(O)c(O)c2)c(CC=C(C)C)c1O. The summed E-state index contributed by atoms with van der Waals surface area (Å²) in [4.78, 5) is 0. The molecule has 0 atom stereocenters. The first kappa shape index (κ1) is 21.2. The molecule has 2 rings (SSSR count). The van der Waals surface area contributed by atoms with Crippen LogP contribution in [0.5, 0.6) is 17.2 Å². The van der Waals surface area contributed by atoms with Crippen LogP contribution in [0.1, 0.15) is 49.9 Å². The van der Waals surface area contributed by atoms with Gasteiger partial charge in [-0.2, -0.15) is 0 Å². The first-order valence-electron chi connectivity index (χ1n) is 9.29. The molecule has 5 N–H and O–H groups in total. The molecule has 0 amide bonds. The molecule has 2 aromatic rings. The lowest BCUT2D eigenvalue weighted by Gasteiger charge is -2.15. The lowest BCUT2D eigenvalue weighted by molar-refractivity contribution is 0.403. The molecule has 0 aromatic heterocycles. The monoisotopic (exact) mass is 379 g/mol. The van der Waals surface area contributed by atoms with E-state index in [2.05, 4.69) is 6.08 Å². The Hall–Kier alpha value is -3.14. The number of hydrogen-bond acceptors (Lipinski definition) is 4. The van der Waals surface area contributed by atoms with Crippen LogP contribution in [-0.4, -0.2) is 15.3 Å². The Kier molecular flexibility index (Phi) is 6.94. The van der Waals surface area contributed by atoms with E-state index in [1.165, 1.54) is 23.3 Å². The molecule has 0 aliphatic carbocycles. The van der Waals surface area contributed by atoms with E-state index >= 15 is 0 Å². The Labute approximate surface area is 167 Å². The van der Waals surface area contributed by atoms with Gasteiger partial charge in [0.1, 0.15) is 5.75 Å². The number of allylic oxidation sites excluding steroid dienone is 4. The highest BCUT2D eigenvalue weighted by Crippen LogP contribution is 2.34. The van der Waals surface area contributed by atoms with Gasteiger partial charge in [0.15, 0.2) is 11.5 Å². The van der Waals surface area contributed by atoms with Gasteiger partial charge in [0.25, 0.3) is 0 Å². The van der Waals surface area contributed by atoms with Crippen LogP contribution >= 0.6 is 0 Å². The molecule has 0 aliphatic rings. The Morgan fingerprint density at radius 2 is 1.43 bits per heavy atom. The summed E-state index contributed by atoms with van der Waals surface area (Å²) >= 11 is 0. The van der Waals surface area contributed by atoms with Crippen LogP contribution in [0, 0.1) is 0 Å². The first-order valence-corrected chi connectivity index (χ1v) is 9.29. The summed E-state index contributed by atoms with van der Waals surface area (Å²) in [5.74, 6) is -0.110. The van der Waals surface area contributed by atoms with Crippen molar-refractivity contribution in [2.45, 2.75) is 40.5 Å². The number of nitrogen functional groups attached to an aromatic ring is 1. The minimum absolute atomic E-state index is 0.160. The molecule has 0 spiro atoms. The molecule has 0 heterocycles. The molecule has 4 heteroatoms. The van der Waals surface area contributed by atoms with Crippen molar-refractivity contribution in [2.75, 3.05) is 5.73 Å². The van der Waals surface area contributed by atoms with Gasteiger partial charge in [-0.1, -0.05) is 41.5 Å². The zero-order valence-electron chi connectivity index (χ0n) is 17.0. The van der Waals surface area contributed by atoms with Gasteiger partial charge in [-0.25, -0.2) is 0 Å². The van der Waals surface area contributed by atoms with E-state index in [1.807, 2.05) is 52.0 Å². The summed E-state index contributed by atoms with van der Waals surface area (Å²) in [5, 5.41) is 30.0. The fraction of sp³-hybridized carbons (Fsp3) is 0.250. The summed E-state index contributed by atoms with van der Waals surface area (Å²) < 4.78 is 0. The maximum absolute atomic E-state index is 10.9. The molecule has 148 valence electrons. The van der Waals surface area contributed by atoms with E-state index in [0.29, 0.717) is 18.5 Å². The van der Waals surface area contributed by atoms with Crippen LogP contribution in [0.25, 0.3) is 12.2 Å². The van der Waals surface area contributed by atoms with Crippen LogP contribution in [0.3, 0.4) is 0 Å². The highest BCUT2D eigenvalue weighted by atomic mass is 16.3. The molecule has 0 saturated carbocycles. The molecule has 2 aromatic carbocycles. The second-order valence-electron chi connectivity index (χ2n) is 7.41. The van der Waals surface area contributed by atoms with Crippen molar-refractivity contribution >= 4 is 17.8 Å². The molecule has 4 nitrogen and oxygen atoms in total. The number of benzene rings is 2. The van der Waals surface area contributed by atoms with Gasteiger partial charge in [0.2, 0.25) is 0 Å². The summed E-state index contributed by atoms with van der Waals surface area (Å²) in [6, 6.07) is 6.49. The predicted molar refractivity (Wildman–Crippen MR) is 117 cm³/mol. The fourth-order valence-corrected chi connectivity index (χ4v) is 2.82. The number of phenolic OH excluding ortho intramolecular Hbond substituents is 3. The molecular formula is C24H29NO3. The molecule has 0 radical (unpaired) electrons. The Morgan fingerprint density at radius 1 is 0.821 bits per heavy atom. The summed E-state index contributed by atoms with van der Waals surface area (Å²) in [5.41, 5.74) is 12.2. The van der Waals surface area contributed by atoms with Crippen LogP contribution in [0.15, 0.2) is 47.6 Å². The van der Waals surface area contributed by atoms with E-state index in [0.717, 1.165) is 22.3 Å². The number of phenols is 3. The average molecular weight is 380 g/mol. The van der Waals surface area contributed by atoms with Crippen LogP contribution in [0.2, 0.25) is 0 Å². The largest absolute Gasteiger partial charge is 0.507 e. The first-order chi connectivity index (χ1) is 13.2. The van der Waals surface area contributed by atoms with Crippen molar-refractivity contribution < 1.29 is 15.3 Å². The standard InChI is InChI=1S/C24H29NO3/c1-15(2)5-10-19-18(9-7-17-8-12-22(26)23(27)13-17)14-21(25)20(24(19)28)11-6-16(3)4/h5-9,12-14,26-28H,10-11,25H2,1-4H3/b9-7+. The van der Waals surface area contributed by atoms with E-state index in [4.69, 9.17) is 5.73 Å². The highest BCUT2D eigenvalue weighted by Gasteiger charge is 2.14. The van der Waals surface area contributed by atoms with Crippen molar-refractivity contribution in [3.8, 4) is 17.2 Å². The maximum Gasteiger partial charge on any atom is 0.157 e. The Morgan fingerprint density at radius 3 is 2.00 bits per heavy atom. The van der Waals surface area contributed by atoms with Gasteiger partial charge in [-0.3, -0.25) is 0 Å². The summed E-state index contributed by atoms with van der Waals surface area (Å²) in [6.45, 7) is 8.07. The summed E-state index contributed by atoms with van der Waals surface area (Å²) in [7, 11) is 0. The van der Waals surface area contributed by atoms with Gasteiger partial charge in [-0.05, 0) is 69.9 Å². The van der Waals surface area contributed by atoms with Crippen molar-refractivity contribution in [2.24, 2.45) is 0 Å². The maximum atomic E-state index is 10.9. The van der Waals surface area contributed by atoms with E-state index in [1.54, 1.807) is 6.07 Å².